The van der Waals surface area contributed by atoms with Crippen LogP contribution in [0.3, 0.4) is 0 Å². The number of fused-ring (bicyclic) bond motifs is 1. The molecular formula is C23H19Cl2N5O3. The predicted molar refractivity (Wildman–Crippen MR) is 125 cm³/mol. The Kier molecular flexibility index (Phi) is 5.02. The van der Waals surface area contributed by atoms with E-state index in [0.717, 1.165) is 5.70 Å². The van der Waals surface area contributed by atoms with Crippen molar-refractivity contribution in [1.29, 1.82) is 0 Å². The fraction of sp³-hybridized carbons (Fsp3) is 0.261. The lowest BCUT2D eigenvalue weighted by molar-refractivity contribution is -0.384. The molecule has 3 aromatic rings. The zero-order chi connectivity index (χ0) is 23.5. The molecule has 2 aliphatic rings. The van der Waals surface area contributed by atoms with Crippen molar-refractivity contribution in [3.05, 3.63) is 79.5 Å². The number of nitrogens with one attached hydrogen (secondary N) is 1. The number of allylic oxidation sites excluding steroid dienone is 2. The van der Waals surface area contributed by atoms with Crippen LogP contribution in [0.25, 0.3) is 11.4 Å². The number of benzene rings is 2. The van der Waals surface area contributed by atoms with Gasteiger partial charge < -0.3 is 5.32 Å². The highest BCUT2D eigenvalue weighted by Gasteiger charge is 2.42. The number of carbonyl (C=O) groups excluding carboxylic acids is 1. The van der Waals surface area contributed by atoms with E-state index in [2.05, 4.69) is 15.4 Å². The number of rotatable bonds is 3. The minimum absolute atomic E-state index is 0.00726. The monoisotopic (exact) mass is 483 g/mol. The lowest BCUT2D eigenvalue weighted by atomic mass is 9.73. The molecule has 0 saturated heterocycles. The van der Waals surface area contributed by atoms with Gasteiger partial charge in [0.05, 0.1) is 15.0 Å². The molecule has 8 nitrogen and oxygen atoms in total. The standard InChI is InChI=1S/C23H19Cl2N5O3/c1-23(2)10-16-18(17(31)11-23)20(14-7-4-8-15(24)19(14)25)29-22(26-16)27-21(28-29)12-5-3-6-13(9-12)30(32)33/h3-9,20H,10-11H2,1-2H3,(H,26,27,28). The second-order valence-corrected chi connectivity index (χ2v) is 9.80. The van der Waals surface area contributed by atoms with Gasteiger partial charge in [0.1, 0.15) is 6.04 Å². The van der Waals surface area contributed by atoms with E-state index in [9.17, 15) is 14.9 Å². The number of nitro benzene ring substituents is 1. The van der Waals surface area contributed by atoms with E-state index in [4.69, 9.17) is 23.2 Å². The molecule has 1 N–H and O–H groups in total. The van der Waals surface area contributed by atoms with Crippen molar-refractivity contribution < 1.29 is 9.72 Å². The minimum atomic E-state index is -0.619. The molecule has 1 aromatic heterocycles. The predicted octanol–water partition coefficient (Wildman–Crippen LogP) is 5.82. The van der Waals surface area contributed by atoms with Gasteiger partial charge in [-0.15, -0.1) is 5.10 Å². The van der Waals surface area contributed by atoms with Crippen LogP contribution in [0.5, 0.6) is 0 Å². The Hall–Kier alpha value is -3.23. The summed E-state index contributed by atoms with van der Waals surface area (Å²) in [6, 6.07) is 10.8. The molecule has 0 spiro atoms. The smallest absolute Gasteiger partial charge is 0.270 e. The summed E-state index contributed by atoms with van der Waals surface area (Å²) in [6.45, 7) is 4.09. The van der Waals surface area contributed by atoms with Crippen LogP contribution >= 0.6 is 23.2 Å². The van der Waals surface area contributed by atoms with Crippen molar-refractivity contribution in [2.24, 2.45) is 5.41 Å². The zero-order valence-corrected chi connectivity index (χ0v) is 19.3. The van der Waals surface area contributed by atoms with Crippen molar-refractivity contribution in [2.45, 2.75) is 32.7 Å². The Bertz CT molecular complexity index is 1360. The summed E-state index contributed by atoms with van der Waals surface area (Å²) < 4.78 is 1.61. The molecule has 1 unspecified atom stereocenters. The van der Waals surface area contributed by atoms with E-state index < -0.39 is 11.0 Å². The molecule has 1 aliphatic carbocycles. The maximum atomic E-state index is 13.3. The highest BCUT2D eigenvalue weighted by Crippen LogP contribution is 2.47. The second-order valence-electron chi connectivity index (χ2n) is 9.01. The Morgan fingerprint density at radius 3 is 2.70 bits per heavy atom. The number of halogens is 2. The van der Waals surface area contributed by atoms with Crippen molar-refractivity contribution in [3.63, 3.8) is 0 Å². The van der Waals surface area contributed by atoms with Gasteiger partial charge in [0.2, 0.25) is 5.95 Å². The average molecular weight is 484 g/mol. The molecule has 0 saturated carbocycles. The van der Waals surface area contributed by atoms with Gasteiger partial charge in [-0.05, 0) is 17.9 Å². The van der Waals surface area contributed by atoms with Gasteiger partial charge in [0.15, 0.2) is 11.6 Å². The number of ketones is 1. The zero-order valence-electron chi connectivity index (χ0n) is 17.8. The largest absolute Gasteiger partial charge is 0.328 e. The summed E-state index contributed by atoms with van der Waals surface area (Å²) in [5.41, 5.74) is 2.23. The first kappa shape index (κ1) is 21.6. The Balaban J connectivity index is 1.70. The summed E-state index contributed by atoms with van der Waals surface area (Å²) in [5, 5.41) is 19.9. The van der Waals surface area contributed by atoms with Crippen LogP contribution in [0.1, 0.15) is 38.3 Å². The third-order valence-corrected chi connectivity index (χ3v) is 6.76. The first-order valence-corrected chi connectivity index (χ1v) is 11.1. The lowest BCUT2D eigenvalue weighted by Gasteiger charge is -2.38. The van der Waals surface area contributed by atoms with Crippen LogP contribution in [0, 0.1) is 15.5 Å². The summed E-state index contributed by atoms with van der Waals surface area (Å²) in [4.78, 5) is 28.7. The third kappa shape index (κ3) is 3.69. The highest BCUT2D eigenvalue weighted by molar-refractivity contribution is 6.42. The summed E-state index contributed by atoms with van der Waals surface area (Å²) in [6.07, 6.45) is 1.05. The molecule has 0 radical (unpaired) electrons. The molecule has 1 aliphatic heterocycles. The van der Waals surface area contributed by atoms with E-state index in [1.54, 1.807) is 28.9 Å². The number of hydrogen-bond donors (Lipinski definition) is 1. The second kappa shape index (κ2) is 7.67. The van der Waals surface area contributed by atoms with Gasteiger partial charge >= 0.3 is 0 Å². The summed E-state index contributed by atoms with van der Waals surface area (Å²) in [7, 11) is 0. The molecule has 5 rings (SSSR count). The number of Topliss-reactive ketones (excluding diaryl/α,β-unsaturated/α-hetero) is 1. The number of anilines is 1. The summed E-state index contributed by atoms with van der Waals surface area (Å²) >= 11 is 12.9. The third-order valence-electron chi connectivity index (χ3n) is 5.92. The molecule has 1 atom stereocenters. The fourth-order valence-corrected chi connectivity index (χ4v) is 4.92. The first-order chi connectivity index (χ1) is 15.6. The van der Waals surface area contributed by atoms with Crippen LogP contribution in [0.2, 0.25) is 10.0 Å². The minimum Gasteiger partial charge on any atom is -0.328 e. The average Bonchev–Trinajstić information content (AvgIpc) is 3.17. The molecule has 2 aromatic carbocycles. The van der Waals surface area contributed by atoms with Gasteiger partial charge in [-0.3, -0.25) is 14.9 Å². The van der Waals surface area contributed by atoms with Crippen molar-refractivity contribution in [2.75, 3.05) is 5.32 Å². The highest BCUT2D eigenvalue weighted by atomic mass is 35.5. The lowest BCUT2D eigenvalue weighted by Crippen LogP contribution is -2.36. The molecule has 33 heavy (non-hydrogen) atoms. The van der Waals surface area contributed by atoms with Crippen LogP contribution in [-0.2, 0) is 4.79 Å². The molecule has 10 heteroatoms. The van der Waals surface area contributed by atoms with Crippen molar-refractivity contribution in [3.8, 4) is 11.4 Å². The maximum absolute atomic E-state index is 13.3. The van der Waals surface area contributed by atoms with Gasteiger partial charge in [-0.1, -0.05) is 61.3 Å². The van der Waals surface area contributed by atoms with E-state index in [0.29, 0.717) is 51.4 Å². The van der Waals surface area contributed by atoms with E-state index in [-0.39, 0.29) is 16.9 Å². The van der Waals surface area contributed by atoms with E-state index >= 15 is 0 Å². The molecule has 168 valence electrons. The Labute approximate surface area is 199 Å². The maximum Gasteiger partial charge on any atom is 0.270 e. The first-order valence-electron chi connectivity index (χ1n) is 10.3. The van der Waals surface area contributed by atoms with Crippen LogP contribution in [0.4, 0.5) is 11.6 Å². The van der Waals surface area contributed by atoms with Gasteiger partial charge in [0, 0.05) is 41.0 Å². The number of carbonyl (C=O) groups is 1. The number of aromatic nitrogens is 3. The molecule has 0 amide bonds. The normalized spacial score (nSPS) is 19.0. The molecule has 0 fully saturated rings. The topological polar surface area (TPSA) is 103 Å². The van der Waals surface area contributed by atoms with Crippen LogP contribution in [-0.4, -0.2) is 25.5 Å². The van der Waals surface area contributed by atoms with Crippen LogP contribution < -0.4 is 5.32 Å². The number of hydrogen-bond acceptors (Lipinski definition) is 6. The fourth-order valence-electron chi connectivity index (χ4n) is 4.51. The number of nitrogens with zero attached hydrogens (tertiary/aromatic N) is 4. The summed E-state index contributed by atoms with van der Waals surface area (Å²) in [5.74, 6) is 0.741. The van der Waals surface area contributed by atoms with Crippen molar-refractivity contribution in [1.82, 2.24) is 14.8 Å². The van der Waals surface area contributed by atoms with E-state index in [1.165, 1.54) is 12.1 Å². The molecule has 2 heterocycles. The Morgan fingerprint density at radius 2 is 1.94 bits per heavy atom. The molecule has 0 bridgehead atoms. The van der Waals surface area contributed by atoms with Crippen LogP contribution in [0.15, 0.2) is 53.7 Å². The molecular weight excluding hydrogens is 465 g/mol. The SMILES string of the molecule is CC1(C)CC(=O)C2=C(C1)Nc1nc(-c3cccc([N+](=O)[O-])c3)nn1C2c1cccc(Cl)c1Cl. The number of nitro groups is 1. The van der Waals surface area contributed by atoms with Gasteiger partial charge in [0.25, 0.3) is 5.69 Å². The number of non-ortho nitro benzene ring substituents is 1. The van der Waals surface area contributed by atoms with Gasteiger partial charge in [-0.2, -0.15) is 4.98 Å². The quantitative estimate of drug-likeness (QED) is 0.371. The van der Waals surface area contributed by atoms with Crippen molar-refractivity contribution >= 4 is 40.6 Å². The Morgan fingerprint density at radius 1 is 1.18 bits per heavy atom. The van der Waals surface area contributed by atoms with E-state index in [1.807, 2.05) is 19.9 Å². The van der Waals surface area contributed by atoms with Gasteiger partial charge in [-0.25, -0.2) is 4.68 Å².